The van der Waals surface area contributed by atoms with Crippen molar-refractivity contribution in [3.05, 3.63) is 75.1 Å². The molecule has 1 atom stereocenters. The molecule has 0 spiro atoms. The van der Waals surface area contributed by atoms with Crippen LogP contribution in [-0.2, 0) is 0 Å². The summed E-state index contributed by atoms with van der Waals surface area (Å²) in [5, 5.41) is 18.7. The van der Waals surface area contributed by atoms with Crippen molar-refractivity contribution in [3.8, 4) is 11.5 Å². The Labute approximate surface area is 174 Å². The fraction of sp³-hybridized carbons (Fsp3) is 0.143. The summed E-state index contributed by atoms with van der Waals surface area (Å²) in [5.41, 5.74) is 2.37. The standard InChI is InChI=1S/C21H15N3O5S/c1-2-28-15-9-11(7-8-13(15)25)17-16-18(26)12-5-3-4-6-14(12)29-19(16)20(27)24(17)21-23-22-10-30-21/h3-10,17,25H,2H2,1H3. The van der Waals surface area contributed by atoms with Gasteiger partial charge in [-0.15, -0.1) is 10.2 Å². The Morgan fingerprint density at radius 2 is 2.07 bits per heavy atom. The van der Waals surface area contributed by atoms with Crippen LogP contribution in [0.4, 0.5) is 5.13 Å². The highest BCUT2D eigenvalue weighted by atomic mass is 32.1. The quantitative estimate of drug-likeness (QED) is 0.538. The van der Waals surface area contributed by atoms with Crippen molar-refractivity contribution in [3.63, 3.8) is 0 Å². The highest BCUT2D eigenvalue weighted by molar-refractivity contribution is 7.13. The fourth-order valence-corrected chi connectivity index (χ4v) is 4.26. The molecule has 1 N–H and O–H groups in total. The zero-order chi connectivity index (χ0) is 20.8. The van der Waals surface area contributed by atoms with Gasteiger partial charge in [-0.2, -0.15) is 0 Å². The Bertz CT molecular complexity index is 1330. The number of aromatic hydroxyl groups is 1. The third-order valence-corrected chi connectivity index (χ3v) is 5.62. The number of aromatic nitrogens is 2. The number of amides is 1. The molecule has 2 aromatic carbocycles. The van der Waals surface area contributed by atoms with Gasteiger partial charge in [0.1, 0.15) is 11.1 Å². The van der Waals surface area contributed by atoms with Crippen molar-refractivity contribution in [1.29, 1.82) is 0 Å². The Morgan fingerprint density at radius 1 is 1.23 bits per heavy atom. The van der Waals surface area contributed by atoms with Gasteiger partial charge in [0.25, 0.3) is 5.91 Å². The minimum absolute atomic E-state index is 0.0232. The van der Waals surface area contributed by atoms with Gasteiger partial charge in [-0.25, -0.2) is 0 Å². The molecule has 1 aliphatic rings. The van der Waals surface area contributed by atoms with Crippen LogP contribution in [0, 0.1) is 0 Å². The molecule has 1 aliphatic heterocycles. The second kappa shape index (κ2) is 6.96. The van der Waals surface area contributed by atoms with Gasteiger partial charge >= 0.3 is 0 Å². The topological polar surface area (TPSA) is 106 Å². The van der Waals surface area contributed by atoms with E-state index in [2.05, 4.69) is 10.2 Å². The summed E-state index contributed by atoms with van der Waals surface area (Å²) < 4.78 is 11.4. The summed E-state index contributed by atoms with van der Waals surface area (Å²) in [4.78, 5) is 28.1. The van der Waals surface area contributed by atoms with Gasteiger partial charge in [-0.3, -0.25) is 14.5 Å². The number of rotatable bonds is 4. The van der Waals surface area contributed by atoms with E-state index in [0.717, 1.165) is 0 Å². The van der Waals surface area contributed by atoms with Gasteiger partial charge in [0.05, 0.1) is 23.6 Å². The maximum Gasteiger partial charge on any atom is 0.297 e. The third kappa shape index (κ3) is 2.66. The Morgan fingerprint density at radius 3 is 2.83 bits per heavy atom. The molecule has 0 fully saturated rings. The van der Waals surface area contributed by atoms with E-state index in [1.165, 1.54) is 27.8 Å². The summed E-state index contributed by atoms with van der Waals surface area (Å²) >= 11 is 1.18. The average molecular weight is 421 g/mol. The molecular weight excluding hydrogens is 406 g/mol. The van der Waals surface area contributed by atoms with Gasteiger partial charge in [-0.05, 0) is 36.8 Å². The van der Waals surface area contributed by atoms with E-state index in [-0.39, 0.29) is 28.3 Å². The van der Waals surface area contributed by atoms with Crippen LogP contribution in [0.3, 0.4) is 0 Å². The number of fused-ring (bicyclic) bond motifs is 2. The van der Waals surface area contributed by atoms with Crippen LogP contribution < -0.4 is 15.1 Å². The minimum Gasteiger partial charge on any atom is -0.504 e. The Balaban J connectivity index is 1.80. The maximum absolute atomic E-state index is 13.4. The first kappa shape index (κ1) is 18.3. The number of para-hydroxylation sites is 1. The van der Waals surface area contributed by atoms with Crippen LogP contribution in [0.5, 0.6) is 11.5 Å². The van der Waals surface area contributed by atoms with Crippen LogP contribution in [0.1, 0.15) is 34.6 Å². The minimum atomic E-state index is -0.791. The number of phenols is 1. The molecule has 3 heterocycles. The lowest BCUT2D eigenvalue weighted by Crippen LogP contribution is -2.29. The van der Waals surface area contributed by atoms with Gasteiger partial charge < -0.3 is 14.3 Å². The second-order valence-corrected chi connectivity index (χ2v) is 7.44. The number of carbonyl (C=O) groups excluding carboxylic acids is 1. The molecule has 8 nitrogen and oxygen atoms in total. The number of benzene rings is 2. The summed E-state index contributed by atoms with van der Waals surface area (Å²) in [5.74, 6) is -0.262. The van der Waals surface area contributed by atoms with Gasteiger partial charge in [-0.1, -0.05) is 29.5 Å². The Hall–Kier alpha value is -3.72. The molecule has 30 heavy (non-hydrogen) atoms. The van der Waals surface area contributed by atoms with Crippen molar-refractivity contribution < 1.29 is 19.1 Å². The largest absolute Gasteiger partial charge is 0.504 e. The molecule has 0 saturated carbocycles. The predicted molar refractivity (Wildman–Crippen MR) is 110 cm³/mol. The molecule has 5 rings (SSSR count). The van der Waals surface area contributed by atoms with Crippen LogP contribution >= 0.6 is 11.3 Å². The van der Waals surface area contributed by atoms with Crippen molar-refractivity contribution in [1.82, 2.24) is 10.2 Å². The maximum atomic E-state index is 13.4. The molecule has 0 aliphatic carbocycles. The number of nitrogens with zero attached hydrogens (tertiary/aromatic N) is 3. The van der Waals surface area contributed by atoms with Gasteiger partial charge in [0.15, 0.2) is 16.9 Å². The van der Waals surface area contributed by atoms with Gasteiger partial charge in [0, 0.05) is 0 Å². The molecule has 9 heteroatoms. The SMILES string of the molecule is CCOc1cc(C2c3c(oc4ccccc4c3=O)C(=O)N2c2nncs2)ccc1O. The lowest BCUT2D eigenvalue weighted by atomic mass is 9.98. The van der Waals surface area contributed by atoms with Crippen LogP contribution in [0.2, 0.25) is 0 Å². The molecule has 1 amide bonds. The molecule has 4 aromatic rings. The first-order valence-electron chi connectivity index (χ1n) is 9.21. The number of anilines is 1. The summed E-state index contributed by atoms with van der Waals surface area (Å²) in [6.07, 6.45) is 0. The van der Waals surface area contributed by atoms with Crippen LogP contribution in [0.25, 0.3) is 11.0 Å². The van der Waals surface area contributed by atoms with Crippen molar-refractivity contribution in [2.45, 2.75) is 13.0 Å². The fourth-order valence-electron chi connectivity index (χ4n) is 3.68. The van der Waals surface area contributed by atoms with Crippen molar-refractivity contribution in [2.24, 2.45) is 0 Å². The Kier molecular flexibility index (Phi) is 4.25. The predicted octanol–water partition coefficient (Wildman–Crippen LogP) is 3.50. The first-order valence-corrected chi connectivity index (χ1v) is 10.1. The zero-order valence-electron chi connectivity index (χ0n) is 15.7. The highest BCUT2D eigenvalue weighted by Crippen LogP contribution is 2.43. The van der Waals surface area contributed by atoms with Crippen molar-refractivity contribution in [2.75, 3.05) is 11.5 Å². The summed E-state index contributed by atoms with van der Waals surface area (Å²) in [7, 11) is 0. The van der Waals surface area contributed by atoms with Gasteiger partial charge in [0.2, 0.25) is 10.9 Å². The van der Waals surface area contributed by atoms with Crippen LogP contribution in [0.15, 0.2) is 57.2 Å². The number of ether oxygens (including phenoxy) is 1. The van der Waals surface area contributed by atoms with E-state index in [1.807, 2.05) is 0 Å². The molecule has 0 radical (unpaired) electrons. The number of phenolic OH excluding ortho intramolecular Hbond substituents is 1. The molecule has 150 valence electrons. The summed E-state index contributed by atoms with van der Waals surface area (Å²) in [6.45, 7) is 2.15. The lowest BCUT2D eigenvalue weighted by Gasteiger charge is -2.22. The molecule has 1 unspecified atom stereocenters. The second-order valence-electron chi connectivity index (χ2n) is 6.63. The smallest absolute Gasteiger partial charge is 0.297 e. The monoisotopic (exact) mass is 421 g/mol. The molecule has 0 saturated heterocycles. The van der Waals surface area contributed by atoms with Crippen LogP contribution in [-0.4, -0.2) is 27.8 Å². The van der Waals surface area contributed by atoms with E-state index in [1.54, 1.807) is 43.3 Å². The van der Waals surface area contributed by atoms with E-state index < -0.39 is 11.9 Å². The number of hydrogen-bond acceptors (Lipinski definition) is 8. The van der Waals surface area contributed by atoms with E-state index in [0.29, 0.717) is 28.3 Å². The molecule has 0 bridgehead atoms. The zero-order valence-corrected chi connectivity index (χ0v) is 16.5. The number of hydrogen-bond donors (Lipinski definition) is 1. The summed E-state index contributed by atoms with van der Waals surface area (Å²) in [6, 6.07) is 10.8. The van der Waals surface area contributed by atoms with Crippen molar-refractivity contribution >= 4 is 33.3 Å². The number of carbonyl (C=O) groups is 1. The third-order valence-electron chi connectivity index (χ3n) is 4.93. The molecular formula is C21H15N3O5S. The van der Waals surface area contributed by atoms with E-state index in [9.17, 15) is 14.7 Å². The van der Waals surface area contributed by atoms with E-state index in [4.69, 9.17) is 9.15 Å². The van der Waals surface area contributed by atoms with E-state index >= 15 is 0 Å². The lowest BCUT2D eigenvalue weighted by molar-refractivity contribution is 0.0970. The average Bonchev–Trinajstić information content (AvgIpc) is 3.37. The highest BCUT2D eigenvalue weighted by Gasteiger charge is 2.45. The molecule has 2 aromatic heterocycles. The first-order chi connectivity index (χ1) is 14.6. The normalized spacial score (nSPS) is 15.6.